The number of ether oxygens (including phenoxy) is 2. The number of rotatable bonds is 71. The smallest absolute Gasteiger partial charge is 0.462 e. The highest BCUT2D eigenvalue weighted by atomic mass is 31.2. The van der Waals surface area contributed by atoms with Crippen molar-refractivity contribution in [3.8, 4) is 0 Å². The molecule has 0 aromatic rings. The molecule has 0 bridgehead atoms. The molecule has 94 heavy (non-hydrogen) atoms. The van der Waals surface area contributed by atoms with Gasteiger partial charge in [-0.15, -0.1) is 0 Å². The van der Waals surface area contributed by atoms with Crippen LogP contribution in [0.25, 0.3) is 0 Å². The van der Waals surface area contributed by atoms with Crippen LogP contribution < -0.4 is 0 Å². The molecule has 1 N–H and O–H groups in total. The summed E-state index contributed by atoms with van der Waals surface area (Å²) in [6.07, 6.45) is 107. The van der Waals surface area contributed by atoms with Crippen molar-refractivity contribution in [3.63, 3.8) is 0 Å². The molecule has 0 aliphatic rings. The average molecular weight is 1330 g/mol. The van der Waals surface area contributed by atoms with Crippen LogP contribution in [-0.2, 0) is 32.7 Å². The second-order valence-electron chi connectivity index (χ2n) is 27.0. The topological polar surface area (TPSA) is 108 Å². The number of hydrogen-bond acceptors (Lipinski definition) is 7. The first-order valence-electron chi connectivity index (χ1n) is 38.9. The Morgan fingerprint density at radius 3 is 0.915 bits per heavy atom. The lowest BCUT2D eigenvalue weighted by Crippen LogP contribution is -2.37. The van der Waals surface area contributed by atoms with Gasteiger partial charge in [0, 0.05) is 12.8 Å². The van der Waals surface area contributed by atoms with Crippen LogP contribution in [-0.4, -0.2) is 74.9 Å². The maximum Gasteiger partial charge on any atom is 0.472 e. The molecule has 0 heterocycles. The number of carbonyl (C=O) groups is 2. The summed E-state index contributed by atoms with van der Waals surface area (Å²) in [5.74, 6) is -0.823. The Morgan fingerprint density at radius 2 is 0.606 bits per heavy atom. The first-order valence-corrected chi connectivity index (χ1v) is 40.4. The van der Waals surface area contributed by atoms with Crippen molar-refractivity contribution in [2.24, 2.45) is 0 Å². The quantitative estimate of drug-likeness (QED) is 0.0211. The number of nitrogens with zero attached hydrogens (tertiary/aromatic N) is 1. The van der Waals surface area contributed by atoms with Gasteiger partial charge in [-0.2, -0.15) is 0 Å². The maximum atomic E-state index is 12.9. The van der Waals surface area contributed by atoms with Crippen LogP contribution in [0.1, 0.15) is 335 Å². The third-order valence-corrected chi connectivity index (χ3v) is 17.6. The number of phosphoric acid groups is 1. The van der Waals surface area contributed by atoms with Gasteiger partial charge in [0.05, 0.1) is 27.7 Å². The van der Waals surface area contributed by atoms with Gasteiger partial charge in [0.25, 0.3) is 0 Å². The summed E-state index contributed by atoms with van der Waals surface area (Å²) < 4.78 is 34.7. The van der Waals surface area contributed by atoms with Crippen molar-refractivity contribution in [2.75, 3.05) is 47.5 Å². The normalized spacial score (nSPS) is 13.8. The molecule has 0 aliphatic heterocycles. The van der Waals surface area contributed by atoms with E-state index >= 15 is 0 Å². The van der Waals surface area contributed by atoms with Gasteiger partial charge < -0.3 is 18.9 Å². The van der Waals surface area contributed by atoms with Gasteiger partial charge >= 0.3 is 19.8 Å². The number of quaternary nitrogens is 1. The fourth-order valence-corrected chi connectivity index (χ4v) is 11.5. The van der Waals surface area contributed by atoms with Crippen LogP contribution in [0.4, 0.5) is 0 Å². The zero-order valence-electron chi connectivity index (χ0n) is 61.7. The molecule has 540 valence electrons. The van der Waals surface area contributed by atoms with E-state index in [1.807, 2.05) is 21.1 Å². The Morgan fingerprint density at radius 1 is 0.340 bits per heavy atom. The Labute approximate surface area is 581 Å². The van der Waals surface area contributed by atoms with Crippen LogP contribution >= 0.6 is 7.82 Å². The third-order valence-electron chi connectivity index (χ3n) is 16.7. The standard InChI is InChI=1S/C84H146NO8P/c1-6-8-10-12-14-16-18-20-22-24-26-28-30-32-34-36-38-40-42-44-46-48-50-52-54-56-58-60-62-64-66-68-70-72-74-76-83(86)90-80-82(81-92-94(88,89)91-79-78-85(3,4)5)93-84(87)77-75-73-71-69-67-65-63-61-59-57-55-53-51-49-47-45-43-41-39-37-35-33-31-29-27-25-23-21-19-17-15-13-11-9-7-2/h9,11,15,17,21,23-24,26-27,29,33,35,39,41,45,47,51,53,57,59,63,65,82H,6-8,10,12-14,16,18-20,22,25,28,30-32,34,36-38,40,42-44,46,48-50,52,54-56,58,60-62,64,66-81H2,1-5H3/p+1/b11-9-,17-15-,23-21-,26-24-,29-27-,35-33-,41-39-,47-45-,53-51-,59-57-,65-63-. The number of likely N-dealkylation sites (N-methyl/N-ethyl adjacent to an activating group) is 1. The molecule has 0 amide bonds. The number of hydrogen-bond donors (Lipinski definition) is 1. The van der Waals surface area contributed by atoms with Gasteiger partial charge in [0.15, 0.2) is 6.10 Å². The first kappa shape index (κ1) is 90.2. The monoisotopic (exact) mass is 1330 g/mol. The predicted octanol–water partition coefficient (Wildman–Crippen LogP) is 25.9. The van der Waals surface area contributed by atoms with Crippen molar-refractivity contribution in [3.05, 3.63) is 134 Å². The van der Waals surface area contributed by atoms with Gasteiger partial charge in [-0.3, -0.25) is 18.6 Å². The van der Waals surface area contributed by atoms with Crippen molar-refractivity contribution >= 4 is 19.8 Å². The molecule has 0 rings (SSSR count). The highest BCUT2D eigenvalue weighted by Crippen LogP contribution is 2.43. The molecule has 2 unspecified atom stereocenters. The highest BCUT2D eigenvalue weighted by molar-refractivity contribution is 7.47. The minimum atomic E-state index is -4.41. The SMILES string of the molecule is CC/C=C\C/C=C\C/C=C\C/C=C\C/C=C\C/C=C\C/C=C\C/C=C\C/C=C\C/C=C\CCCCCCC(=O)OC(COC(=O)CCCCCCCCCCCCCCCCCCCCCCCCC/C=C\CCCCCCCCCC)COP(=O)(O)OCC[N+](C)(C)C. The minimum absolute atomic E-state index is 0.0210. The van der Waals surface area contributed by atoms with Gasteiger partial charge in [-0.1, -0.05) is 340 Å². The lowest BCUT2D eigenvalue weighted by atomic mass is 10.0. The zero-order chi connectivity index (χ0) is 68.3. The highest BCUT2D eigenvalue weighted by Gasteiger charge is 2.27. The van der Waals surface area contributed by atoms with Gasteiger partial charge in [0.2, 0.25) is 0 Å². The predicted molar refractivity (Wildman–Crippen MR) is 408 cm³/mol. The second kappa shape index (κ2) is 73.4. The van der Waals surface area contributed by atoms with E-state index in [0.29, 0.717) is 17.4 Å². The summed E-state index contributed by atoms with van der Waals surface area (Å²) >= 11 is 0. The number of carbonyl (C=O) groups excluding carboxylic acids is 2. The van der Waals surface area contributed by atoms with E-state index in [4.69, 9.17) is 18.5 Å². The largest absolute Gasteiger partial charge is 0.472 e. The lowest BCUT2D eigenvalue weighted by molar-refractivity contribution is -0.870. The molecule has 0 spiro atoms. The Kier molecular flexibility index (Phi) is 70.4. The van der Waals surface area contributed by atoms with E-state index in [2.05, 4.69) is 148 Å². The lowest BCUT2D eigenvalue weighted by Gasteiger charge is -2.24. The molecule has 0 saturated carbocycles. The second-order valence-corrected chi connectivity index (χ2v) is 28.5. The molecule has 0 radical (unpaired) electrons. The van der Waals surface area contributed by atoms with E-state index in [0.717, 1.165) is 109 Å². The summed E-state index contributed by atoms with van der Waals surface area (Å²) in [5, 5.41) is 0. The number of esters is 2. The number of unbranched alkanes of at least 4 members (excludes halogenated alkanes) is 35. The van der Waals surface area contributed by atoms with E-state index in [-0.39, 0.29) is 32.0 Å². The minimum Gasteiger partial charge on any atom is -0.462 e. The Balaban J connectivity index is 4.07. The van der Waals surface area contributed by atoms with Crippen molar-refractivity contribution < 1.29 is 42.1 Å². The van der Waals surface area contributed by atoms with E-state index in [1.165, 1.54) is 193 Å². The first-order chi connectivity index (χ1) is 46.0. The molecule has 0 saturated heterocycles. The van der Waals surface area contributed by atoms with Crippen LogP contribution in [0, 0.1) is 0 Å². The van der Waals surface area contributed by atoms with Crippen LogP contribution in [0.5, 0.6) is 0 Å². The molecule has 10 heteroatoms. The van der Waals surface area contributed by atoms with Crippen molar-refractivity contribution in [1.82, 2.24) is 0 Å². The van der Waals surface area contributed by atoms with E-state index < -0.39 is 26.5 Å². The fourth-order valence-electron chi connectivity index (χ4n) is 10.7. The number of phosphoric ester groups is 1. The van der Waals surface area contributed by atoms with Gasteiger partial charge in [0.1, 0.15) is 19.8 Å². The summed E-state index contributed by atoms with van der Waals surface area (Å²) in [6.45, 7) is 4.31. The van der Waals surface area contributed by atoms with Crippen LogP contribution in [0.15, 0.2) is 134 Å². The summed E-state index contributed by atoms with van der Waals surface area (Å²) in [4.78, 5) is 35.9. The Hall–Kier alpha value is -3.85. The summed E-state index contributed by atoms with van der Waals surface area (Å²) in [7, 11) is 1.45. The molecular formula is C84H147NO8P+. The van der Waals surface area contributed by atoms with Crippen molar-refractivity contribution in [2.45, 2.75) is 341 Å². The molecule has 0 fully saturated rings. The molecule has 0 aromatic carbocycles. The fraction of sp³-hybridized carbons (Fsp3) is 0.714. The van der Waals surface area contributed by atoms with Crippen LogP contribution in [0.2, 0.25) is 0 Å². The van der Waals surface area contributed by atoms with Crippen LogP contribution in [0.3, 0.4) is 0 Å². The number of allylic oxidation sites excluding steroid dienone is 22. The summed E-state index contributed by atoms with van der Waals surface area (Å²) in [6, 6.07) is 0. The van der Waals surface area contributed by atoms with Crippen molar-refractivity contribution in [1.29, 1.82) is 0 Å². The van der Waals surface area contributed by atoms with E-state index in [9.17, 15) is 19.0 Å². The van der Waals surface area contributed by atoms with Gasteiger partial charge in [-0.25, -0.2) is 4.57 Å². The molecule has 0 aliphatic carbocycles. The van der Waals surface area contributed by atoms with Gasteiger partial charge in [-0.05, 0) is 116 Å². The molecular weight excluding hydrogens is 1180 g/mol. The molecule has 2 atom stereocenters. The Bertz CT molecular complexity index is 2050. The van der Waals surface area contributed by atoms with E-state index in [1.54, 1.807) is 0 Å². The molecule has 9 nitrogen and oxygen atoms in total. The zero-order valence-corrected chi connectivity index (χ0v) is 62.6. The molecule has 0 aromatic heterocycles. The third kappa shape index (κ3) is 77.2. The average Bonchev–Trinajstić information content (AvgIpc) is 1.68. The summed E-state index contributed by atoms with van der Waals surface area (Å²) in [5.41, 5.74) is 0. The maximum absolute atomic E-state index is 12.9.